The number of rotatable bonds is 5. The molecule has 1 unspecified atom stereocenters. The van der Waals surface area contributed by atoms with Gasteiger partial charge in [-0.1, -0.05) is 0 Å². The second-order valence-electron chi connectivity index (χ2n) is 5.44. The van der Waals surface area contributed by atoms with Gasteiger partial charge in [0.2, 0.25) is 0 Å². The van der Waals surface area contributed by atoms with Gasteiger partial charge in [0, 0.05) is 30.9 Å². The van der Waals surface area contributed by atoms with Crippen LogP contribution in [-0.4, -0.2) is 35.8 Å². The van der Waals surface area contributed by atoms with Crippen LogP contribution in [0.25, 0.3) is 0 Å². The van der Waals surface area contributed by atoms with Gasteiger partial charge in [0.05, 0.1) is 23.7 Å². The minimum Gasteiger partial charge on any atom is -0.494 e. The highest BCUT2D eigenvalue weighted by Gasteiger charge is 2.24. The van der Waals surface area contributed by atoms with E-state index in [2.05, 4.69) is 4.90 Å². The quantitative estimate of drug-likeness (QED) is 0.667. The number of aliphatic hydroxyl groups is 1. The maximum Gasteiger partial charge on any atom is 0.275 e. The Kier molecular flexibility index (Phi) is 5.01. The number of nitro benzene ring substituents is 1. The Morgan fingerprint density at radius 1 is 1.43 bits per heavy atom. The zero-order chi connectivity index (χ0) is 15.4. The van der Waals surface area contributed by atoms with Crippen molar-refractivity contribution < 1.29 is 14.8 Å². The standard InChI is InChI=1S/C15H22N2O4/c1-3-21-15-9-13(8-14(10-15)17(19)20)16-6-4-12(5-7-16)11(2)18/h8-12,18H,3-7H2,1-2H3. The number of hydrogen-bond donors (Lipinski definition) is 1. The Labute approximate surface area is 124 Å². The van der Waals surface area contributed by atoms with Crippen LogP contribution in [-0.2, 0) is 0 Å². The fourth-order valence-electron chi connectivity index (χ4n) is 2.75. The molecule has 1 N–H and O–H groups in total. The van der Waals surface area contributed by atoms with Crippen LogP contribution >= 0.6 is 0 Å². The first-order chi connectivity index (χ1) is 10.0. The summed E-state index contributed by atoms with van der Waals surface area (Å²) < 4.78 is 5.42. The molecule has 1 atom stereocenters. The van der Waals surface area contributed by atoms with Crippen molar-refractivity contribution in [3.8, 4) is 5.75 Å². The molecule has 6 nitrogen and oxygen atoms in total. The third-order valence-electron chi connectivity index (χ3n) is 3.98. The van der Waals surface area contributed by atoms with Crippen LogP contribution in [0, 0.1) is 16.0 Å². The Morgan fingerprint density at radius 3 is 2.62 bits per heavy atom. The fourth-order valence-corrected chi connectivity index (χ4v) is 2.75. The van der Waals surface area contributed by atoms with Gasteiger partial charge in [0.15, 0.2) is 0 Å². The minimum absolute atomic E-state index is 0.0496. The lowest BCUT2D eigenvalue weighted by atomic mass is 9.92. The van der Waals surface area contributed by atoms with Crippen LogP contribution in [0.3, 0.4) is 0 Å². The second kappa shape index (κ2) is 6.76. The molecule has 21 heavy (non-hydrogen) atoms. The highest BCUT2D eigenvalue weighted by molar-refractivity contribution is 5.58. The molecule has 0 saturated carbocycles. The van der Waals surface area contributed by atoms with Crippen molar-refractivity contribution in [2.75, 3.05) is 24.6 Å². The van der Waals surface area contributed by atoms with Crippen molar-refractivity contribution in [1.82, 2.24) is 0 Å². The van der Waals surface area contributed by atoms with E-state index in [0.29, 0.717) is 18.3 Å². The van der Waals surface area contributed by atoms with E-state index in [1.807, 2.05) is 19.9 Å². The SMILES string of the molecule is CCOc1cc(N2CCC(C(C)O)CC2)cc([N+](=O)[O-])c1. The van der Waals surface area contributed by atoms with Crippen molar-refractivity contribution in [2.24, 2.45) is 5.92 Å². The number of nitrogens with zero attached hydrogens (tertiary/aromatic N) is 2. The van der Waals surface area contributed by atoms with Crippen LogP contribution in [0.15, 0.2) is 18.2 Å². The number of aliphatic hydroxyl groups excluding tert-OH is 1. The van der Waals surface area contributed by atoms with Gasteiger partial charge in [-0.05, 0) is 32.6 Å². The molecule has 1 aromatic carbocycles. The molecule has 1 saturated heterocycles. The first-order valence-electron chi connectivity index (χ1n) is 7.36. The predicted octanol–water partition coefficient (Wildman–Crippen LogP) is 2.59. The van der Waals surface area contributed by atoms with E-state index >= 15 is 0 Å². The molecule has 1 aliphatic heterocycles. The number of ether oxygens (including phenoxy) is 1. The van der Waals surface area contributed by atoms with E-state index in [1.54, 1.807) is 6.07 Å². The molecule has 0 aliphatic carbocycles. The molecule has 6 heteroatoms. The number of piperidine rings is 1. The summed E-state index contributed by atoms with van der Waals surface area (Å²) in [5.41, 5.74) is 0.866. The third kappa shape index (κ3) is 3.85. The maximum absolute atomic E-state index is 11.0. The van der Waals surface area contributed by atoms with Crippen LogP contribution in [0.2, 0.25) is 0 Å². The largest absolute Gasteiger partial charge is 0.494 e. The van der Waals surface area contributed by atoms with Gasteiger partial charge in [-0.15, -0.1) is 0 Å². The molecule has 1 aliphatic rings. The Balaban J connectivity index is 2.17. The minimum atomic E-state index is -0.394. The molecule has 1 aromatic rings. The van der Waals surface area contributed by atoms with Crippen LogP contribution < -0.4 is 9.64 Å². The smallest absolute Gasteiger partial charge is 0.275 e. The topological polar surface area (TPSA) is 75.8 Å². The molecule has 1 heterocycles. The predicted molar refractivity (Wildman–Crippen MR) is 80.9 cm³/mol. The van der Waals surface area contributed by atoms with E-state index in [4.69, 9.17) is 4.74 Å². The molecule has 0 radical (unpaired) electrons. The van der Waals surface area contributed by atoms with Gasteiger partial charge in [0.1, 0.15) is 5.75 Å². The van der Waals surface area contributed by atoms with Gasteiger partial charge in [-0.2, -0.15) is 0 Å². The molecule has 2 rings (SSSR count). The summed E-state index contributed by atoms with van der Waals surface area (Å²) >= 11 is 0. The fraction of sp³-hybridized carbons (Fsp3) is 0.600. The van der Waals surface area contributed by atoms with Crippen molar-refractivity contribution in [1.29, 1.82) is 0 Å². The lowest BCUT2D eigenvalue weighted by molar-refractivity contribution is -0.384. The molecule has 116 valence electrons. The van der Waals surface area contributed by atoms with Crippen molar-refractivity contribution in [3.05, 3.63) is 28.3 Å². The summed E-state index contributed by atoms with van der Waals surface area (Å²) in [6.45, 7) is 5.74. The highest BCUT2D eigenvalue weighted by atomic mass is 16.6. The van der Waals surface area contributed by atoms with E-state index in [9.17, 15) is 15.2 Å². The van der Waals surface area contributed by atoms with Crippen LogP contribution in [0.1, 0.15) is 26.7 Å². The van der Waals surface area contributed by atoms with Gasteiger partial charge >= 0.3 is 0 Å². The van der Waals surface area contributed by atoms with E-state index in [1.165, 1.54) is 6.07 Å². The van der Waals surface area contributed by atoms with Crippen LogP contribution in [0.5, 0.6) is 5.75 Å². The number of non-ortho nitro benzene ring substituents is 1. The maximum atomic E-state index is 11.0. The molecule has 1 fully saturated rings. The summed E-state index contributed by atoms with van der Waals surface area (Å²) in [4.78, 5) is 12.8. The molecular weight excluding hydrogens is 272 g/mol. The highest BCUT2D eigenvalue weighted by Crippen LogP contribution is 2.31. The summed E-state index contributed by atoms with van der Waals surface area (Å²) in [6, 6.07) is 4.89. The number of anilines is 1. The Bertz CT molecular complexity index is 496. The summed E-state index contributed by atoms with van der Waals surface area (Å²) in [6.07, 6.45) is 1.49. The summed E-state index contributed by atoms with van der Waals surface area (Å²) in [5, 5.41) is 20.7. The normalized spacial score (nSPS) is 17.6. The Morgan fingerprint density at radius 2 is 2.10 bits per heavy atom. The first kappa shape index (κ1) is 15.6. The van der Waals surface area contributed by atoms with E-state index < -0.39 is 4.92 Å². The van der Waals surface area contributed by atoms with E-state index in [-0.39, 0.29) is 11.8 Å². The average Bonchev–Trinajstić information content (AvgIpc) is 2.47. The third-order valence-corrected chi connectivity index (χ3v) is 3.98. The molecular formula is C15H22N2O4. The van der Waals surface area contributed by atoms with Crippen molar-refractivity contribution >= 4 is 11.4 Å². The van der Waals surface area contributed by atoms with Gasteiger partial charge in [0.25, 0.3) is 5.69 Å². The molecule has 0 spiro atoms. The van der Waals surface area contributed by atoms with Gasteiger partial charge < -0.3 is 14.7 Å². The summed E-state index contributed by atoms with van der Waals surface area (Å²) in [7, 11) is 0. The molecule has 0 amide bonds. The summed E-state index contributed by atoms with van der Waals surface area (Å²) in [5.74, 6) is 0.839. The average molecular weight is 294 g/mol. The molecule has 0 aromatic heterocycles. The van der Waals surface area contributed by atoms with Crippen molar-refractivity contribution in [2.45, 2.75) is 32.8 Å². The van der Waals surface area contributed by atoms with Crippen LogP contribution in [0.4, 0.5) is 11.4 Å². The number of nitro groups is 1. The lowest BCUT2D eigenvalue weighted by Crippen LogP contribution is -2.37. The second-order valence-corrected chi connectivity index (χ2v) is 5.44. The first-order valence-corrected chi connectivity index (χ1v) is 7.36. The van der Waals surface area contributed by atoms with Gasteiger partial charge in [-0.25, -0.2) is 0 Å². The van der Waals surface area contributed by atoms with E-state index in [0.717, 1.165) is 31.6 Å². The zero-order valence-corrected chi connectivity index (χ0v) is 12.5. The number of benzene rings is 1. The Hall–Kier alpha value is -1.82. The zero-order valence-electron chi connectivity index (χ0n) is 12.5. The monoisotopic (exact) mass is 294 g/mol. The van der Waals surface area contributed by atoms with Crippen molar-refractivity contribution in [3.63, 3.8) is 0 Å². The molecule has 0 bridgehead atoms. The lowest BCUT2D eigenvalue weighted by Gasteiger charge is -2.34. The number of hydrogen-bond acceptors (Lipinski definition) is 5. The van der Waals surface area contributed by atoms with Gasteiger partial charge in [-0.3, -0.25) is 10.1 Å².